The molecule has 0 radical (unpaired) electrons. The van der Waals surface area contributed by atoms with Gasteiger partial charge >= 0.3 is 0 Å². The molecule has 1 aliphatic rings. The van der Waals surface area contributed by atoms with Gasteiger partial charge in [0.2, 0.25) is 0 Å². The first-order valence-electron chi connectivity index (χ1n) is 10.1. The Kier molecular flexibility index (Phi) is 6.17. The number of guanidine groups is 1. The van der Waals surface area contributed by atoms with E-state index in [9.17, 15) is 4.39 Å². The maximum atomic E-state index is 14.0. The molecule has 0 bridgehead atoms. The quantitative estimate of drug-likeness (QED) is 0.480. The fourth-order valence-electron chi connectivity index (χ4n) is 3.46. The second-order valence-corrected chi connectivity index (χ2v) is 7.07. The van der Waals surface area contributed by atoms with Crippen molar-refractivity contribution in [2.75, 3.05) is 24.5 Å². The number of aliphatic imine (C=N–C) groups is 1. The molecule has 1 aliphatic heterocycles. The van der Waals surface area contributed by atoms with E-state index in [0.717, 1.165) is 36.9 Å². The molecule has 4 rings (SSSR count). The van der Waals surface area contributed by atoms with Gasteiger partial charge in [-0.2, -0.15) is 0 Å². The zero-order valence-corrected chi connectivity index (χ0v) is 16.9. The highest BCUT2D eigenvalue weighted by Crippen LogP contribution is 2.20. The van der Waals surface area contributed by atoms with Gasteiger partial charge in [0.1, 0.15) is 12.1 Å². The largest absolute Gasteiger partial charge is 0.357 e. The van der Waals surface area contributed by atoms with Crippen LogP contribution in [0.5, 0.6) is 0 Å². The summed E-state index contributed by atoms with van der Waals surface area (Å²) >= 11 is 0. The number of pyridine rings is 2. The summed E-state index contributed by atoms with van der Waals surface area (Å²) < 4.78 is 15.9. The van der Waals surface area contributed by atoms with Gasteiger partial charge in [-0.3, -0.25) is 4.57 Å². The number of nitrogens with zero attached hydrogens (tertiary/aromatic N) is 6. The van der Waals surface area contributed by atoms with Crippen molar-refractivity contribution in [3.8, 4) is 5.82 Å². The molecule has 3 aromatic heterocycles. The standard InChI is InChI=1S/C21H25FN8/c1-2-24-21(27-13-16-5-8-25-19(12-16)30-11-9-23-15-30)28-17-6-10-29(14-17)20-18(22)4-3-7-26-20/h3-5,7-9,11-12,15,17H,2,6,10,13-14H2,1H3,(H2,24,27,28). The summed E-state index contributed by atoms with van der Waals surface area (Å²) in [4.78, 5) is 19.3. The summed E-state index contributed by atoms with van der Waals surface area (Å²) in [6.07, 6.45) is 9.59. The van der Waals surface area contributed by atoms with Gasteiger partial charge in [0, 0.05) is 50.5 Å². The lowest BCUT2D eigenvalue weighted by Gasteiger charge is -2.20. The molecule has 0 aliphatic carbocycles. The lowest BCUT2D eigenvalue weighted by atomic mass is 10.2. The van der Waals surface area contributed by atoms with Gasteiger partial charge in [-0.25, -0.2) is 24.3 Å². The number of rotatable bonds is 6. The summed E-state index contributed by atoms with van der Waals surface area (Å²) in [5, 5.41) is 6.75. The van der Waals surface area contributed by atoms with Crippen molar-refractivity contribution in [3.05, 3.63) is 66.8 Å². The Labute approximate surface area is 174 Å². The highest BCUT2D eigenvalue weighted by molar-refractivity contribution is 5.80. The van der Waals surface area contributed by atoms with Gasteiger partial charge < -0.3 is 15.5 Å². The Morgan fingerprint density at radius 1 is 1.27 bits per heavy atom. The highest BCUT2D eigenvalue weighted by atomic mass is 19.1. The Bertz CT molecular complexity index is 988. The zero-order chi connectivity index (χ0) is 20.8. The normalized spacial score (nSPS) is 16.7. The van der Waals surface area contributed by atoms with E-state index in [1.54, 1.807) is 31.0 Å². The maximum Gasteiger partial charge on any atom is 0.191 e. The van der Waals surface area contributed by atoms with E-state index in [2.05, 4.69) is 25.6 Å². The lowest BCUT2D eigenvalue weighted by molar-refractivity contribution is 0.612. The molecule has 1 fully saturated rings. The highest BCUT2D eigenvalue weighted by Gasteiger charge is 2.25. The third kappa shape index (κ3) is 4.73. The first kappa shape index (κ1) is 19.8. The SMILES string of the molecule is CCNC(=NCc1ccnc(-n2ccnc2)c1)NC1CCN(c2ncccc2F)C1. The van der Waals surface area contributed by atoms with Crippen LogP contribution in [0.3, 0.4) is 0 Å². The third-order valence-electron chi connectivity index (χ3n) is 4.91. The molecule has 156 valence electrons. The van der Waals surface area contributed by atoms with Crippen LogP contribution in [0, 0.1) is 5.82 Å². The molecular weight excluding hydrogens is 383 g/mol. The maximum absolute atomic E-state index is 14.0. The van der Waals surface area contributed by atoms with Crippen molar-refractivity contribution in [1.29, 1.82) is 0 Å². The van der Waals surface area contributed by atoms with Crippen LogP contribution in [0.2, 0.25) is 0 Å². The Hall–Kier alpha value is -3.49. The van der Waals surface area contributed by atoms with Gasteiger partial charge in [-0.05, 0) is 43.2 Å². The third-order valence-corrected chi connectivity index (χ3v) is 4.91. The van der Waals surface area contributed by atoms with Crippen LogP contribution < -0.4 is 15.5 Å². The smallest absolute Gasteiger partial charge is 0.191 e. The van der Waals surface area contributed by atoms with Crippen LogP contribution in [0.4, 0.5) is 10.2 Å². The molecule has 0 spiro atoms. The number of imidazole rings is 1. The number of nitrogens with one attached hydrogen (secondary N) is 2. The Morgan fingerprint density at radius 3 is 3.00 bits per heavy atom. The number of hydrogen-bond acceptors (Lipinski definition) is 5. The van der Waals surface area contributed by atoms with Crippen LogP contribution in [-0.4, -0.2) is 51.2 Å². The molecule has 0 aromatic carbocycles. The van der Waals surface area contributed by atoms with E-state index in [1.807, 2.05) is 34.7 Å². The molecule has 9 heteroatoms. The summed E-state index contributed by atoms with van der Waals surface area (Å²) in [5.74, 6) is 1.67. The van der Waals surface area contributed by atoms with Crippen molar-refractivity contribution in [2.24, 2.45) is 4.99 Å². The number of aromatic nitrogens is 4. The van der Waals surface area contributed by atoms with Crippen LogP contribution in [0.1, 0.15) is 18.9 Å². The van der Waals surface area contributed by atoms with Crippen LogP contribution in [0.25, 0.3) is 5.82 Å². The summed E-state index contributed by atoms with van der Waals surface area (Å²) in [6.45, 7) is 4.74. The fourth-order valence-corrected chi connectivity index (χ4v) is 3.46. The van der Waals surface area contributed by atoms with Crippen molar-refractivity contribution < 1.29 is 4.39 Å². The lowest BCUT2D eigenvalue weighted by Crippen LogP contribution is -2.44. The zero-order valence-electron chi connectivity index (χ0n) is 16.9. The molecule has 8 nitrogen and oxygen atoms in total. The van der Waals surface area contributed by atoms with E-state index in [4.69, 9.17) is 4.99 Å². The van der Waals surface area contributed by atoms with Gasteiger partial charge in [-0.1, -0.05) is 0 Å². The van der Waals surface area contributed by atoms with Crippen LogP contribution in [-0.2, 0) is 6.54 Å². The Balaban J connectivity index is 1.40. The predicted molar refractivity (Wildman–Crippen MR) is 114 cm³/mol. The Morgan fingerprint density at radius 2 is 2.20 bits per heavy atom. The first-order valence-corrected chi connectivity index (χ1v) is 10.1. The van der Waals surface area contributed by atoms with Crippen molar-refractivity contribution in [2.45, 2.75) is 25.9 Å². The predicted octanol–water partition coefficient (Wildman–Crippen LogP) is 2.14. The summed E-state index contributed by atoms with van der Waals surface area (Å²) in [7, 11) is 0. The van der Waals surface area contributed by atoms with E-state index in [0.29, 0.717) is 18.9 Å². The van der Waals surface area contributed by atoms with Crippen molar-refractivity contribution in [1.82, 2.24) is 30.2 Å². The van der Waals surface area contributed by atoms with E-state index in [1.165, 1.54) is 6.07 Å². The van der Waals surface area contributed by atoms with Gasteiger partial charge in [-0.15, -0.1) is 0 Å². The van der Waals surface area contributed by atoms with E-state index >= 15 is 0 Å². The average molecular weight is 408 g/mol. The molecular formula is C21H25FN8. The first-order chi connectivity index (χ1) is 14.7. The van der Waals surface area contributed by atoms with Gasteiger partial charge in [0.15, 0.2) is 17.6 Å². The number of hydrogen-bond donors (Lipinski definition) is 2. The van der Waals surface area contributed by atoms with Gasteiger partial charge in [0.05, 0.1) is 6.54 Å². The summed E-state index contributed by atoms with van der Waals surface area (Å²) in [6, 6.07) is 7.17. The minimum atomic E-state index is -0.287. The fraction of sp³-hybridized carbons (Fsp3) is 0.333. The van der Waals surface area contributed by atoms with E-state index < -0.39 is 0 Å². The molecule has 0 amide bonds. The van der Waals surface area contributed by atoms with Crippen LogP contribution in [0.15, 0.2) is 60.4 Å². The molecule has 1 atom stereocenters. The number of halogens is 1. The minimum absolute atomic E-state index is 0.170. The molecule has 30 heavy (non-hydrogen) atoms. The molecule has 4 heterocycles. The molecule has 1 unspecified atom stereocenters. The van der Waals surface area contributed by atoms with Crippen LogP contribution >= 0.6 is 0 Å². The second-order valence-electron chi connectivity index (χ2n) is 7.07. The average Bonchev–Trinajstić information content (AvgIpc) is 3.45. The second kappa shape index (κ2) is 9.34. The van der Waals surface area contributed by atoms with Crippen molar-refractivity contribution >= 4 is 11.8 Å². The topological polar surface area (TPSA) is 83.3 Å². The molecule has 3 aromatic rings. The van der Waals surface area contributed by atoms with E-state index in [-0.39, 0.29) is 11.9 Å². The molecule has 0 saturated carbocycles. The van der Waals surface area contributed by atoms with Crippen molar-refractivity contribution in [3.63, 3.8) is 0 Å². The monoisotopic (exact) mass is 408 g/mol. The number of anilines is 1. The van der Waals surface area contributed by atoms with Gasteiger partial charge in [0.25, 0.3) is 0 Å². The summed E-state index contributed by atoms with van der Waals surface area (Å²) in [5.41, 5.74) is 1.05. The molecule has 1 saturated heterocycles. The molecule has 2 N–H and O–H groups in total. The minimum Gasteiger partial charge on any atom is -0.357 e.